The van der Waals surface area contributed by atoms with Gasteiger partial charge >= 0.3 is 11.7 Å². The number of ether oxygens (including phenoxy) is 1. The number of carboxylic acid groups (broad SMARTS) is 1. The Bertz CT molecular complexity index is 1310. The summed E-state index contributed by atoms with van der Waals surface area (Å²) < 4.78 is 7.36. The number of nitrogens with zero attached hydrogens (tertiary/aromatic N) is 4. The van der Waals surface area contributed by atoms with Gasteiger partial charge in [-0.3, -0.25) is 14.9 Å². The molecule has 166 valence electrons. The predicted molar refractivity (Wildman–Crippen MR) is 125 cm³/mol. The maximum Gasteiger partial charge on any atom is 0.341 e. The molecule has 0 unspecified atom stereocenters. The number of fused-ring (bicyclic) bond motifs is 1. The zero-order valence-corrected chi connectivity index (χ0v) is 19.8. The lowest BCUT2D eigenvalue weighted by Gasteiger charge is -2.10. The molecule has 3 rings (SSSR count). The van der Waals surface area contributed by atoms with E-state index in [2.05, 4.69) is 41.9 Å². The van der Waals surface area contributed by atoms with Crippen LogP contribution in [-0.2, 0) is 11.2 Å². The molecule has 0 aliphatic carbocycles. The van der Waals surface area contributed by atoms with E-state index in [0.29, 0.717) is 38.5 Å². The molecule has 0 saturated heterocycles. The molecule has 0 bridgehead atoms. The van der Waals surface area contributed by atoms with Crippen molar-refractivity contribution in [2.45, 2.75) is 19.8 Å². The number of nitro benzene ring substituents is 1. The molecular formula is C20H16Br2N4O6. The molecule has 0 aliphatic heterocycles. The minimum absolute atomic E-state index is 0.121. The van der Waals surface area contributed by atoms with Gasteiger partial charge in [-0.2, -0.15) is 9.78 Å². The summed E-state index contributed by atoms with van der Waals surface area (Å²) in [5, 5.41) is 25.0. The van der Waals surface area contributed by atoms with Crippen molar-refractivity contribution in [3.05, 3.63) is 71.1 Å². The fourth-order valence-corrected chi connectivity index (χ4v) is 3.77. The van der Waals surface area contributed by atoms with Gasteiger partial charge in [0.05, 0.1) is 22.0 Å². The van der Waals surface area contributed by atoms with Crippen molar-refractivity contribution in [2.24, 2.45) is 5.10 Å². The molecule has 32 heavy (non-hydrogen) atoms. The highest BCUT2D eigenvalue weighted by Crippen LogP contribution is 2.34. The largest absolute Gasteiger partial charge is 0.479 e. The number of hydrogen-bond acceptors (Lipinski definition) is 7. The highest BCUT2D eigenvalue weighted by atomic mass is 79.9. The minimum atomic E-state index is -1.30. The van der Waals surface area contributed by atoms with Gasteiger partial charge in [0.15, 0.2) is 6.61 Å². The van der Waals surface area contributed by atoms with Gasteiger partial charge in [0.25, 0.3) is 5.56 Å². The lowest BCUT2D eigenvalue weighted by atomic mass is 10.2. The number of aryl methyl sites for hydroxylation is 1. The molecule has 0 spiro atoms. The predicted octanol–water partition coefficient (Wildman–Crippen LogP) is 4.13. The number of nitro groups is 1. The van der Waals surface area contributed by atoms with Crippen LogP contribution in [0.1, 0.15) is 24.7 Å². The summed E-state index contributed by atoms with van der Waals surface area (Å²) in [6, 6.07) is 7.81. The van der Waals surface area contributed by atoms with Gasteiger partial charge in [-0.05, 0) is 30.7 Å². The van der Waals surface area contributed by atoms with Crippen molar-refractivity contribution in [1.29, 1.82) is 0 Å². The fourth-order valence-electron chi connectivity index (χ4n) is 2.94. The van der Waals surface area contributed by atoms with Crippen molar-refractivity contribution in [3.63, 3.8) is 0 Å². The topological polar surface area (TPSA) is 137 Å². The van der Waals surface area contributed by atoms with E-state index in [1.807, 2.05) is 6.92 Å². The van der Waals surface area contributed by atoms with Gasteiger partial charge in [-0.15, -0.1) is 0 Å². The third-order valence-corrected chi connectivity index (χ3v) is 5.21. The number of aliphatic carboxylic acids is 1. The average Bonchev–Trinajstić information content (AvgIpc) is 2.73. The molecule has 12 heteroatoms. The van der Waals surface area contributed by atoms with Gasteiger partial charge in [0.2, 0.25) is 5.75 Å². The Kier molecular flexibility index (Phi) is 7.36. The van der Waals surface area contributed by atoms with Crippen LogP contribution in [0.3, 0.4) is 0 Å². The molecule has 0 saturated carbocycles. The van der Waals surface area contributed by atoms with E-state index in [1.165, 1.54) is 18.3 Å². The summed E-state index contributed by atoms with van der Waals surface area (Å²) in [6.07, 6.45) is 2.39. The number of carboxylic acids is 1. The maximum atomic E-state index is 13.1. The average molecular weight is 568 g/mol. The second-order valence-corrected chi connectivity index (χ2v) is 8.42. The van der Waals surface area contributed by atoms with Crippen molar-refractivity contribution >= 4 is 60.6 Å². The Balaban J connectivity index is 2.19. The highest BCUT2D eigenvalue weighted by Gasteiger charge is 2.21. The molecule has 0 atom stereocenters. The SMILES string of the molecule is CCCc1nc2ccc(Br)cc2c(=O)n1N=Cc1cc(Br)cc([N+](=O)[O-])c1OCC(=O)O. The quantitative estimate of drug-likeness (QED) is 0.245. The second-order valence-electron chi connectivity index (χ2n) is 6.58. The van der Waals surface area contributed by atoms with Gasteiger partial charge < -0.3 is 9.84 Å². The summed E-state index contributed by atoms with van der Waals surface area (Å²) >= 11 is 6.53. The van der Waals surface area contributed by atoms with Gasteiger partial charge in [0.1, 0.15) is 5.82 Å². The van der Waals surface area contributed by atoms with E-state index in [9.17, 15) is 19.7 Å². The van der Waals surface area contributed by atoms with Gasteiger partial charge in [-0.1, -0.05) is 38.8 Å². The van der Waals surface area contributed by atoms with E-state index in [0.717, 1.165) is 4.68 Å². The fraction of sp³-hybridized carbons (Fsp3) is 0.200. The Morgan fingerprint density at radius 1 is 1.31 bits per heavy atom. The van der Waals surface area contributed by atoms with Crippen LogP contribution in [0.2, 0.25) is 0 Å². The number of halogens is 2. The molecule has 0 amide bonds. The number of aromatic nitrogens is 2. The second kappa shape index (κ2) is 10.0. The molecule has 3 aromatic rings. The van der Waals surface area contributed by atoms with Crippen LogP contribution in [0, 0.1) is 10.1 Å². The Labute approximate surface area is 197 Å². The third kappa shape index (κ3) is 5.19. The van der Waals surface area contributed by atoms with Crippen molar-refractivity contribution in [1.82, 2.24) is 9.66 Å². The first kappa shape index (κ1) is 23.5. The minimum Gasteiger partial charge on any atom is -0.479 e. The van der Waals surface area contributed by atoms with Crippen LogP contribution in [0.15, 0.2) is 49.2 Å². The first-order valence-electron chi connectivity index (χ1n) is 9.29. The molecule has 0 radical (unpaired) electrons. The molecule has 0 aliphatic rings. The summed E-state index contributed by atoms with van der Waals surface area (Å²) in [5.74, 6) is -1.15. The molecule has 2 aromatic carbocycles. The van der Waals surface area contributed by atoms with E-state index < -0.39 is 28.7 Å². The van der Waals surface area contributed by atoms with E-state index in [-0.39, 0.29) is 11.3 Å². The number of benzene rings is 2. The number of rotatable bonds is 8. The Hall–Kier alpha value is -3.12. The van der Waals surface area contributed by atoms with E-state index in [1.54, 1.807) is 18.2 Å². The molecule has 1 aromatic heterocycles. The highest BCUT2D eigenvalue weighted by molar-refractivity contribution is 9.10. The smallest absolute Gasteiger partial charge is 0.341 e. The summed E-state index contributed by atoms with van der Waals surface area (Å²) in [5.41, 5.74) is -0.204. The first-order chi connectivity index (χ1) is 15.2. The van der Waals surface area contributed by atoms with E-state index >= 15 is 0 Å². The van der Waals surface area contributed by atoms with Crippen LogP contribution < -0.4 is 10.3 Å². The first-order valence-corrected chi connectivity index (χ1v) is 10.9. The molecule has 1 heterocycles. The standard InChI is InChI=1S/C20H16Br2N4O6/c1-2-3-17-24-15-5-4-12(21)7-14(15)20(29)25(17)23-9-11-6-13(22)8-16(26(30)31)19(11)32-10-18(27)28/h4-9H,2-3,10H2,1H3,(H,27,28). The van der Waals surface area contributed by atoms with Gasteiger partial charge in [-0.25, -0.2) is 9.78 Å². The van der Waals surface area contributed by atoms with Crippen molar-refractivity contribution in [3.8, 4) is 5.75 Å². The lowest BCUT2D eigenvalue weighted by Crippen LogP contribution is -2.22. The van der Waals surface area contributed by atoms with Crippen LogP contribution >= 0.6 is 31.9 Å². The zero-order chi connectivity index (χ0) is 23.4. The van der Waals surface area contributed by atoms with Gasteiger partial charge in [0, 0.05) is 27.0 Å². The summed E-state index contributed by atoms with van der Waals surface area (Å²) in [6.45, 7) is 1.15. The number of carbonyl (C=O) groups is 1. The lowest BCUT2D eigenvalue weighted by molar-refractivity contribution is -0.385. The summed E-state index contributed by atoms with van der Waals surface area (Å²) in [7, 11) is 0. The maximum absolute atomic E-state index is 13.1. The molecular weight excluding hydrogens is 552 g/mol. The monoisotopic (exact) mass is 566 g/mol. The van der Waals surface area contributed by atoms with Crippen molar-refractivity contribution < 1.29 is 19.6 Å². The van der Waals surface area contributed by atoms with Crippen LogP contribution in [0.5, 0.6) is 5.75 Å². The Morgan fingerprint density at radius 3 is 2.72 bits per heavy atom. The van der Waals surface area contributed by atoms with Crippen LogP contribution in [-0.4, -0.2) is 38.5 Å². The molecule has 1 N–H and O–H groups in total. The normalized spacial score (nSPS) is 11.2. The zero-order valence-electron chi connectivity index (χ0n) is 16.6. The van der Waals surface area contributed by atoms with Crippen LogP contribution in [0.25, 0.3) is 10.9 Å². The van der Waals surface area contributed by atoms with Crippen LogP contribution in [0.4, 0.5) is 5.69 Å². The van der Waals surface area contributed by atoms with E-state index in [4.69, 9.17) is 9.84 Å². The molecule has 10 nitrogen and oxygen atoms in total. The molecule has 0 fully saturated rings. The Morgan fingerprint density at radius 2 is 2.06 bits per heavy atom. The number of hydrogen-bond donors (Lipinski definition) is 1. The third-order valence-electron chi connectivity index (χ3n) is 4.26. The van der Waals surface area contributed by atoms with Crippen molar-refractivity contribution in [2.75, 3.05) is 6.61 Å². The summed E-state index contributed by atoms with van der Waals surface area (Å²) in [4.78, 5) is 39.3.